The highest BCUT2D eigenvalue weighted by molar-refractivity contribution is 6.94. The topological polar surface area (TPSA) is 9.23 Å². The molecule has 0 saturated heterocycles. The Labute approximate surface area is 153 Å². The first kappa shape index (κ1) is 17.8. The van der Waals surface area contributed by atoms with Crippen molar-refractivity contribution in [3.8, 4) is 16.9 Å². The predicted molar refractivity (Wildman–Crippen MR) is 112 cm³/mol. The SMILES string of the molecule is COc1c(-c2ccccc2)cc(C)cc1[Si](C)(C)C1(C)C=CC=C1C. The van der Waals surface area contributed by atoms with Crippen LogP contribution in [0.1, 0.15) is 19.4 Å². The lowest BCUT2D eigenvalue weighted by atomic mass is 10.0. The van der Waals surface area contributed by atoms with E-state index in [0.29, 0.717) is 0 Å². The molecule has 1 aliphatic rings. The van der Waals surface area contributed by atoms with Crippen molar-refractivity contribution in [3.05, 3.63) is 71.8 Å². The van der Waals surface area contributed by atoms with E-state index in [0.717, 1.165) is 5.75 Å². The third-order valence-electron chi connectivity index (χ3n) is 6.09. The lowest BCUT2D eigenvalue weighted by molar-refractivity contribution is 0.419. The minimum atomic E-state index is -1.87. The summed E-state index contributed by atoms with van der Waals surface area (Å²) in [7, 11) is -0.0688. The smallest absolute Gasteiger partial charge is 0.125 e. The summed E-state index contributed by atoms with van der Waals surface area (Å²) >= 11 is 0. The Morgan fingerprint density at radius 2 is 1.68 bits per heavy atom. The van der Waals surface area contributed by atoms with Crippen molar-refractivity contribution >= 4 is 13.3 Å². The number of allylic oxidation sites excluding steroid dienone is 4. The summed E-state index contributed by atoms with van der Waals surface area (Å²) in [5, 5.41) is 1.51. The lowest BCUT2D eigenvalue weighted by Gasteiger charge is -2.41. The van der Waals surface area contributed by atoms with Crippen LogP contribution in [0.5, 0.6) is 5.75 Å². The molecule has 2 heteroatoms. The second kappa shape index (κ2) is 6.34. The number of benzene rings is 2. The Balaban J connectivity index is 2.25. The van der Waals surface area contributed by atoms with E-state index in [9.17, 15) is 0 Å². The molecule has 0 radical (unpaired) electrons. The highest BCUT2D eigenvalue weighted by Gasteiger charge is 2.46. The van der Waals surface area contributed by atoms with Gasteiger partial charge in [0.25, 0.3) is 0 Å². The van der Waals surface area contributed by atoms with Crippen LogP contribution in [0.2, 0.25) is 18.1 Å². The molecule has 0 aromatic heterocycles. The van der Waals surface area contributed by atoms with Crippen LogP contribution in [0.3, 0.4) is 0 Å². The number of rotatable bonds is 4. The molecule has 0 amide bonds. The van der Waals surface area contributed by atoms with Gasteiger partial charge in [-0.05, 0) is 30.7 Å². The summed E-state index contributed by atoms with van der Waals surface area (Å²) in [4.78, 5) is 0. The molecule has 1 aliphatic carbocycles. The van der Waals surface area contributed by atoms with E-state index in [1.807, 2.05) is 0 Å². The average Bonchev–Trinajstić information content (AvgIpc) is 2.95. The molecule has 0 fully saturated rings. The quantitative estimate of drug-likeness (QED) is 0.629. The molecule has 1 nitrogen and oxygen atoms in total. The largest absolute Gasteiger partial charge is 0.496 e. The van der Waals surface area contributed by atoms with Crippen molar-refractivity contribution in [1.29, 1.82) is 0 Å². The van der Waals surface area contributed by atoms with Crippen molar-refractivity contribution in [2.45, 2.75) is 38.9 Å². The Bertz CT molecular complexity index is 846. The summed E-state index contributed by atoms with van der Waals surface area (Å²) in [6.07, 6.45) is 6.86. The lowest BCUT2D eigenvalue weighted by Crippen LogP contribution is -2.51. The van der Waals surface area contributed by atoms with Crippen molar-refractivity contribution in [1.82, 2.24) is 0 Å². The van der Waals surface area contributed by atoms with E-state index < -0.39 is 8.07 Å². The standard InChI is InChI=1S/C23H28OSi/c1-17-15-20(19-12-8-7-9-13-19)22(24-4)21(16-17)25(5,6)23(3)14-10-11-18(23)2/h7-16H,1-6H3. The summed E-state index contributed by atoms with van der Waals surface area (Å²) < 4.78 is 6.00. The van der Waals surface area contributed by atoms with Gasteiger partial charge in [0.15, 0.2) is 0 Å². The van der Waals surface area contributed by atoms with Gasteiger partial charge in [0.1, 0.15) is 5.75 Å². The molecule has 25 heavy (non-hydrogen) atoms. The van der Waals surface area contributed by atoms with Gasteiger partial charge in [-0.15, -0.1) is 0 Å². The van der Waals surface area contributed by atoms with Gasteiger partial charge in [0, 0.05) is 10.6 Å². The van der Waals surface area contributed by atoms with E-state index in [2.05, 4.69) is 94.6 Å². The molecule has 0 aliphatic heterocycles. The van der Waals surface area contributed by atoms with Crippen LogP contribution in [-0.2, 0) is 0 Å². The van der Waals surface area contributed by atoms with E-state index in [-0.39, 0.29) is 5.04 Å². The van der Waals surface area contributed by atoms with Crippen LogP contribution >= 0.6 is 0 Å². The minimum Gasteiger partial charge on any atom is -0.496 e. The van der Waals surface area contributed by atoms with Crippen LogP contribution in [-0.4, -0.2) is 15.2 Å². The van der Waals surface area contributed by atoms with E-state index in [1.165, 1.54) is 27.5 Å². The van der Waals surface area contributed by atoms with Crippen molar-refractivity contribution in [3.63, 3.8) is 0 Å². The summed E-state index contributed by atoms with van der Waals surface area (Å²) in [6, 6.07) is 15.2. The Morgan fingerprint density at radius 1 is 1.00 bits per heavy atom. The van der Waals surface area contributed by atoms with Crippen molar-refractivity contribution in [2.24, 2.45) is 0 Å². The number of methoxy groups -OCH3 is 1. The zero-order valence-corrected chi connectivity index (χ0v) is 17.2. The third-order valence-corrected chi connectivity index (χ3v) is 11.0. The fourth-order valence-corrected chi connectivity index (χ4v) is 7.49. The summed E-state index contributed by atoms with van der Waals surface area (Å²) in [6.45, 7) is 11.8. The highest BCUT2D eigenvalue weighted by Crippen LogP contribution is 2.50. The van der Waals surface area contributed by atoms with Crippen LogP contribution in [0.25, 0.3) is 11.1 Å². The van der Waals surface area contributed by atoms with Gasteiger partial charge in [0.05, 0.1) is 15.2 Å². The number of aryl methyl sites for hydroxylation is 1. The van der Waals surface area contributed by atoms with Gasteiger partial charge in [-0.3, -0.25) is 0 Å². The molecular weight excluding hydrogens is 320 g/mol. The molecule has 0 spiro atoms. The van der Waals surface area contributed by atoms with Crippen LogP contribution < -0.4 is 9.92 Å². The zero-order chi connectivity index (χ0) is 18.2. The first-order chi connectivity index (χ1) is 11.8. The van der Waals surface area contributed by atoms with Crippen molar-refractivity contribution in [2.75, 3.05) is 7.11 Å². The normalized spacial score (nSPS) is 19.8. The monoisotopic (exact) mass is 348 g/mol. The van der Waals surface area contributed by atoms with Gasteiger partial charge < -0.3 is 4.74 Å². The molecule has 130 valence electrons. The van der Waals surface area contributed by atoms with Gasteiger partial charge in [-0.1, -0.05) is 85.8 Å². The Hall–Kier alpha value is -2.06. The van der Waals surface area contributed by atoms with Crippen LogP contribution in [0.15, 0.2) is 66.3 Å². The predicted octanol–water partition coefficient (Wildman–Crippen LogP) is 5.86. The number of ether oxygens (including phenoxy) is 1. The van der Waals surface area contributed by atoms with E-state index in [1.54, 1.807) is 7.11 Å². The molecule has 1 unspecified atom stereocenters. The molecular formula is C23H28OSi. The minimum absolute atomic E-state index is 0.113. The average molecular weight is 349 g/mol. The molecule has 2 aromatic rings. The first-order valence-corrected chi connectivity index (χ1v) is 11.9. The van der Waals surface area contributed by atoms with Gasteiger partial charge in [-0.25, -0.2) is 0 Å². The maximum Gasteiger partial charge on any atom is 0.125 e. The van der Waals surface area contributed by atoms with Crippen LogP contribution in [0, 0.1) is 6.92 Å². The molecule has 2 aromatic carbocycles. The Kier molecular flexibility index (Phi) is 4.50. The number of hydrogen-bond donors (Lipinski definition) is 0. The molecule has 3 rings (SSSR count). The molecule has 0 N–H and O–H groups in total. The Morgan fingerprint density at radius 3 is 2.24 bits per heavy atom. The first-order valence-electron chi connectivity index (χ1n) is 8.92. The molecule has 0 saturated carbocycles. The fourth-order valence-electron chi connectivity index (χ4n) is 3.96. The molecule has 1 atom stereocenters. The number of hydrogen-bond acceptors (Lipinski definition) is 1. The van der Waals surface area contributed by atoms with Crippen LogP contribution in [0.4, 0.5) is 0 Å². The van der Waals surface area contributed by atoms with Crippen molar-refractivity contribution < 1.29 is 4.74 Å². The van der Waals surface area contributed by atoms with Gasteiger partial charge in [0.2, 0.25) is 0 Å². The summed E-state index contributed by atoms with van der Waals surface area (Å²) in [5.41, 5.74) is 5.16. The van der Waals surface area contributed by atoms with Gasteiger partial charge in [-0.2, -0.15) is 0 Å². The van der Waals surface area contributed by atoms with E-state index in [4.69, 9.17) is 4.74 Å². The second-order valence-corrected chi connectivity index (χ2v) is 12.6. The van der Waals surface area contributed by atoms with Gasteiger partial charge >= 0.3 is 0 Å². The van der Waals surface area contributed by atoms with E-state index >= 15 is 0 Å². The zero-order valence-electron chi connectivity index (χ0n) is 16.2. The highest BCUT2D eigenvalue weighted by atomic mass is 28.3. The fraction of sp³-hybridized carbons (Fsp3) is 0.304. The summed E-state index contributed by atoms with van der Waals surface area (Å²) in [5.74, 6) is 1.04. The third kappa shape index (κ3) is 2.79. The maximum atomic E-state index is 6.00. The molecule has 0 heterocycles. The molecule has 0 bridgehead atoms. The maximum absolute atomic E-state index is 6.00. The second-order valence-electron chi connectivity index (χ2n) is 7.80.